The van der Waals surface area contributed by atoms with Crippen molar-refractivity contribution in [3.05, 3.63) is 60.8 Å². The lowest BCUT2D eigenvalue weighted by Gasteiger charge is -2.18. The third-order valence-corrected chi connectivity index (χ3v) is 15.5. The zero-order chi connectivity index (χ0) is 57.1. The maximum Gasteiger partial charge on any atom is 0.306 e. The van der Waals surface area contributed by atoms with Crippen molar-refractivity contribution in [3.63, 3.8) is 0 Å². The summed E-state index contributed by atoms with van der Waals surface area (Å²) in [5.41, 5.74) is 0. The second-order valence-electron chi connectivity index (χ2n) is 23.4. The highest BCUT2D eigenvalue weighted by Crippen LogP contribution is 2.18. The monoisotopic (exact) mass is 1110 g/mol. The van der Waals surface area contributed by atoms with Crippen LogP contribution in [0.1, 0.15) is 367 Å². The van der Waals surface area contributed by atoms with Crippen LogP contribution in [-0.2, 0) is 28.6 Å². The highest BCUT2D eigenvalue weighted by atomic mass is 16.6. The van der Waals surface area contributed by atoms with Crippen LogP contribution in [0.3, 0.4) is 0 Å². The van der Waals surface area contributed by atoms with Crippen LogP contribution in [0.4, 0.5) is 0 Å². The van der Waals surface area contributed by atoms with E-state index in [9.17, 15) is 14.4 Å². The lowest BCUT2D eigenvalue weighted by molar-refractivity contribution is -0.167. The minimum Gasteiger partial charge on any atom is -0.462 e. The summed E-state index contributed by atoms with van der Waals surface area (Å²) in [6.45, 7) is 6.66. The second-order valence-corrected chi connectivity index (χ2v) is 23.4. The Morgan fingerprint density at radius 3 is 0.722 bits per heavy atom. The molecule has 0 N–H and O–H groups in total. The van der Waals surface area contributed by atoms with Gasteiger partial charge in [-0.25, -0.2) is 0 Å². The van der Waals surface area contributed by atoms with Crippen molar-refractivity contribution in [2.24, 2.45) is 0 Å². The fraction of sp³-hybridized carbons (Fsp3) is 0.822. The van der Waals surface area contributed by atoms with Gasteiger partial charge >= 0.3 is 17.9 Å². The predicted molar refractivity (Wildman–Crippen MR) is 344 cm³/mol. The third kappa shape index (κ3) is 65.8. The van der Waals surface area contributed by atoms with E-state index in [0.717, 1.165) is 83.5 Å². The number of unbranched alkanes of at least 4 members (excludes halogenated alkanes) is 43. The third-order valence-electron chi connectivity index (χ3n) is 15.5. The van der Waals surface area contributed by atoms with Crippen LogP contribution in [0.5, 0.6) is 0 Å². The summed E-state index contributed by atoms with van der Waals surface area (Å²) in [5.74, 6) is -0.859. The standard InChI is InChI=1S/C73H132O6/c1-4-7-10-13-16-19-22-25-28-30-32-33-34-35-36-37-38-39-40-41-42-44-45-48-51-54-57-60-63-66-72(75)78-69-70(68-77-71(74)65-62-59-56-53-50-47-27-24-21-18-15-12-9-6-3)79-73(76)67-64-61-58-55-52-49-46-43-31-29-26-23-20-17-14-11-8-5-2/h20,22-23,25,29-32,34-35,70H,4-19,21,24,26-28,33,36-69H2,1-3H3/b23-20-,25-22-,31-29-,32-30-,35-34-. The largest absolute Gasteiger partial charge is 0.462 e. The molecule has 6 heteroatoms. The summed E-state index contributed by atoms with van der Waals surface area (Å²) in [5, 5.41) is 0. The molecule has 0 aromatic rings. The molecule has 0 aromatic carbocycles. The Bertz CT molecular complexity index is 1410. The van der Waals surface area contributed by atoms with Crippen LogP contribution in [0, 0.1) is 0 Å². The van der Waals surface area contributed by atoms with Crippen molar-refractivity contribution in [3.8, 4) is 0 Å². The minimum absolute atomic E-state index is 0.0731. The Kier molecular flexibility index (Phi) is 65.1. The van der Waals surface area contributed by atoms with Gasteiger partial charge in [0, 0.05) is 19.3 Å². The highest BCUT2D eigenvalue weighted by Gasteiger charge is 2.19. The van der Waals surface area contributed by atoms with E-state index in [2.05, 4.69) is 81.5 Å². The van der Waals surface area contributed by atoms with Gasteiger partial charge in [0.15, 0.2) is 6.10 Å². The topological polar surface area (TPSA) is 78.9 Å². The first-order valence-corrected chi connectivity index (χ1v) is 34.8. The number of carbonyl (C=O) groups is 3. The van der Waals surface area contributed by atoms with Gasteiger partial charge in [-0.05, 0) is 89.9 Å². The summed E-state index contributed by atoms with van der Waals surface area (Å²) in [6, 6.07) is 0. The molecule has 0 heterocycles. The highest BCUT2D eigenvalue weighted by molar-refractivity contribution is 5.71. The van der Waals surface area contributed by atoms with E-state index in [0.29, 0.717) is 19.3 Å². The summed E-state index contributed by atoms with van der Waals surface area (Å²) < 4.78 is 17.0. The van der Waals surface area contributed by atoms with Crippen LogP contribution in [0.25, 0.3) is 0 Å². The fourth-order valence-electron chi connectivity index (χ4n) is 10.2. The lowest BCUT2D eigenvalue weighted by atomic mass is 10.0. The van der Waals surface area contributed by atoms with Gasteiger partial charge in [0.1, 0.15) is 13.2 Å². The Labute approximate surface area is 491 Å². The first-order chi connectivity index (χ1) is 39.0. The van der Waals surface area contributed by atoms with Crippen molar-refractivity contribution < 1.29 is 28.6 Å². The molecule has 0 saturated heterocycles. The van der Waals surface area contributed by atoms with Crippen molar-refractivity contribution >= 4 is 17.9 Å². The summed E-state index contributed by atoms with van der Waals surface area (Å²) in [4.78, 5) is 38.4. The molecule has 0 fully saturated rings. The van der Waals surface area contributed by atoms with Gasteiger partial charge in [0.25, 0.3) is 0 Å². The molecular formula is C73H132O6. The number of carbonyl (C=O) groups excluding carboxylic acids is 3. The van der Waals surface area contributed by atoms with E-state index in [4.69, 9.17) is 14.2 Å². The van der Waals surface area contributed by atoms with Crippen LogP contribution >= 0.6 is 0 Å². The molecule has 460 valence electrons. The smallest absolute Gasteiger partial charge is 0.306 e. The summed E-state index contributed by atoms with van der Waals surface area (Å²) in [7, 11) is 0. The van der Waals surface area contributed by atoms with Crippen molar-refractivity contribution in [2.45, 2.75) is 374 Å². The van der Waals surface area contributed by atoms with E-state index in [1.807, 2.05) is 0 Å². The molecule has 0 bridgehead atoms. The zero-order valence-corrected chi connectivity index (χ0v) is 52.9. The molecule has 0 spiro atoms. The Morgan fingerprint density at radius 2 is 0.456 bits per heavy atom. The molecule has 1 unspecified atom stereocenters. The maximum atomic E-state index is 12.9. The second kappa shape index (κ2) is 67.6. The number of rotatable bonds is 64. The number of hydrogen-bond donors (Lipinski definition) is 0. The molecular weight excluding hydrogens is 973 g/mol. The number of esters is 3. The molecule has 0 aliphatic heterocycles. The SMILES string of the molecule is CCCCCC/C=C\C/C=C\CCCCCCCCCC(=O)OC(COC(=O)CCCCCCCCCCCCCCCC)COC(=O)CCCCCCCCCCCCCCCC/C=C\C/C=C\C/C=C\CCCCCCC. The van der Waals surface area contributed by atoms with E-state index >= 15 is 0 Å². The molecule has 0 saturated carbocycles. The van der Waals surface area contributed by atoms with Crippen LogP contribution < -0.4 is 0 Å². The van der Waals surface area contributed by atoms with Gasteiger partial charge in [0.05, 0.1) is 0 Å². The van der Waals surface area contributed by atoms with Crippen molar-refractivity contribution in [1.29, 1.82) is 0 Å². The Hall–Kier alpha value is -2.89. The Morgan fingerprint density at radius 1 is 0.253 bits per heavy atom. The molecule has 79 heavy (non-hydrogen) atoms. The van der Waals surface area contributed by atoms with Gasteiger partial charge < -0.3 is 14.2 Å². The number of hydrogen-bond acceptors (Lipinski definition) is 6. The number of ether oxygens (including phenoxy) is 3. The quantitative estimate of drug-likeness (QED) is 0.0261. The van der Waals surface area contributed by atoms with E-state index in [-0.39, 0.29) is 31.1 Å². The van der Waals surface area contributed by atoms with Crippen LogP contribution in [-0.4, -0.2) is 37.2 Å². The molecule has 0 amide bonds. The van der Waals surface area contributed by atoms with Gasteiger partial charge in [0.2, 0.25) is 0 Å². The zero-order valence-electron chi connectivity index (χ0n) is 52.9. The van der Waals surface area contributed by atoms with Crippen molar-refractivity contribution in [2.75, 3.05) is 13.2 Å². The number of allylic oxidation sites excluding steroid dienone is 10. The van der Waals surface area contributed by atoms with Gasteiger partial charge in [-0.1, -0.05) is 319 Å². The Balaban J connectivity index is 4.24. The molecule has 0 aliphatic rings. The van der Waals surface area contributed by atoms with E-state index in [1.54, 1.807) is 0 Å². The van der Waals surface area contributed by atoms with Crippen LogP contribution in [0.15, 0.2) is 60.8 Å². The van der Waals surface area contributed by atoms with Crippen molar-refractivity contribution in [1.82, 2.24) is 0 Å². The average molecular weight is 1110 g/mol. The van der Waals surface area contributed by atoms with Gasteiger partial charge in [-0.2, -0.15) is 0 Å². The first kappa shape index (κ1) is 76.1. The molecule has 0 radical (unpaired) electrons. The van der Waals surface area contributed by atoms with Crippen LogP contribution in [0.2, 0.25) is 0 Å². The molecule has 0 rings (SSSR count). The average Bonchev–Trinajstić information content (AvgIpc) is 3.45. The lowest BCUT2D eigenvalue weighted by Crippen LogP contribution is -2.30. The molecule has 6 nitrogen and oxygen atoms in total. The van der Waals surface area contributed by atoms with Gasteiger partial charge in [-0.3, -0.25) is 14.4 Å². The fourth-order valence-corrected chi connectivity index (χ4v) is 10.2. The molecule has 1 atom stereocenters. The maximum absolute atomic E-state index is 12.9. The van der Waals surface area contributed by atoms with E-state index < -0.39 is 6.10 Å². The predicted octanol–water partition coefficient (Wildman–Crippen LogP) is 23.9. The minimum atomic E-state index is -0.777. The normalized spacial score (nSPS) is 12.4. The molecule has 0 aliphatic carbocycles. The molecule has 0 aromatic heterocycles. The van der Waals surface area contributed by atoms with E-state index in [1.165, 1.54) is 244 Å². The summed E-state index contributed by atoms with van der Waals surface area (Å²) in [6.07, 6.45) is 86.7. The van der Waals surface area contributed by atoms with Gasteiger partial charge in [-0.15, -0.1) is 0 Å². The first-order valence-electron chi connectivity index (χ1n) is 34.8. The summed E-state index contributed by atoms with van der Waals surface area (Å²) >= 11 is 0.